The number of rotatable bonds is 7. The Kier molecular flexibility index (Phi) is 6.59. The third-order valence-electron chi connectivity index (χ3n) is 5.37. The maximum Gasteiger partial charge on any atom is 0.257 e. The third kappa shape index (κ3) is 5.02. The fourth-order valence-corrected chi connectivity index (χ4v) is 4.40. The van der Waals surface area contributed by atoms with Crippen molar-refractivity contribution in [3.8, 4) is 0 Å². The van der Waals surface area contributed by atoms with E-state index < -0.39 is 33.1 Å². The lowest BCUT2D eigenvalue weighted by atomic mass is 9.67. The maximum atomic E-state index is 13.4. The number of carbonyl (C=O) groups excluding carboxylic acids is 2. The lowest BCUT2D eigenvalue weighted by Gasteiger charge is -2.43. The largest absolute Gasteiger partial charge is 0.309 e. The van der Waals surface area contributed by atoms with Crippen molar-refractivity contribution in [2.45, 2.75) is 39.2 Å². The lowest BCUT2D eigenvalue weighted by molar-refractivity contribution is -0.146. The smallest absolute Gasteiger partial charge is 0.257 e. The van der Waals surface area contributed by atoms with Crippen LogP contribution in [-0.4, -0.2) is 26.3 Å². The predicted molar refractivity (Wildman–Crippen MR) is 118 cm³/mol. The summed E-state index contributed by atoms with van der Waals surface area (Å²) in [7, 11) is -4.09. The van der Waals surface area contributed by atoms with Crippen molar-refractivity contribution < 1.29 is 22.4 Å². The third-order valence-corrected chi connectivity index (χ3v) is 6.33. The van der Waals surface area contributed by atoms with Crippen LogP contribution >= 0.6 is 0 Å². The molecule has 0 saturated heterocycles. The predicted octanol–water partition coefficient (Wildman–Crippen LogP) is 3.85. The van der Waals surface area contributed by atoms with Crippen molar-refractivity contribution in [2.75, 3.05) is 4.90 Å². The molecule has 1 N–H and O–H groups in total. The van der Waals surface area contributed by atoms with Crippen LogP contribution in [0.2, 0.25) is 0 Å². The van der Waals surface area contributed by atoms with E-state index >= 15 is 0 Å². The number of anilines is 1. The second-order valence-corrected chi connectivity index (χ2v) is 9.44. The highest BCUT2D eigenvalue weighted by molar-refractivity contribution is 7.93. The Labute approximate surface area is 181 Å². The Morgan fingerprint density at radius 2 is 1.68 bits per heavy atom. The van der Waals surface area contributed by atoms with Gasteiger partial charge in [0.05, 0.1) is 5.41 Å². The molecule has 3 rings (SSSR count). The summed E-state index contributed by atoms with van der Waals surface area (Å²) < 4.78 is 40.3. The number of amides is 2. The zero-order chi connectivity index (χ0) is 22.6. The van der Waals surface area contributed by atoms with Gasteiger partial charge in [-0.05, 0) is 62.6 Å². The number of hydrogen-bond donors (Lipinski definition) is 1. The summed E-state index contributed by atoms with van der Waals surface area (Å²) >= 11 is 0. The second-order valence-electron chi connectivity index (χ2n) is 7.87. The van der Waals surface area contributed by atoms with Gasteiger partial charge in [-0.15, -0.1) is 0 Å². The van der Waals surface area contributed by atoms with Crippen LogP contribution in [0.5, 0.6) is 0 Å². The Bertz CT molecular complexity index is 1080. The van der Waals surface area contributed by atoms with Gasteiger partial charge < -0.3 is 4.90 Å². The van der Waals surface area contributed by atoms with E-state index in [1.807, 2.05) is 4.72 Å². The summed E-state index contributed by atoms with van der Waals surface area (Å²) in [4.78, 5) is 27.9. The van der Waals surface area contributed by atoms with Crippen LogP contribution in [0.15, 0.2) is 60.0 Å². The number of halogens is 1. The molecule has 0 spiro atoms. The van der Waals surface area contributed by atoms with Crippen LogP contribution in [0.25, 0.3) is 6.08 Å². The molecule has 1 aliphatic carbocycles. The van der Waals surface area contributed by atoms with Crippen LogP contribution in [0.4, 0.5) is 10.1 Å². The molecule has 6 nitrogen and oxygen atoms in total. The molecule has 0 aromatic heterocycles. The molecular weight excluding hydrogens is 419 g/mol. The van der Waals surface area contributed by atoms with Gasteiger partial charge in [0.25, 0.3) is 10.0 Å². The first-order valence-electron chi connectivity index (χ1n) is 10.0. The zero-order valence-electron chi connectivity index (χ0n) is 17.4. The topological polar surface area (TPSA) is 83.6 Å². The number of nitrogens with zero attached hydrogens (tertiary/aromatic N) is 1. The molecule has 1 aliphatic rings. The average molecular weight is 445 g/mol. The summed E-state index contributed by atoms with van der Waals surface area (Å²) in [5.41, 5.74) is -0.351. The number of sulfonamides is 1. The van der Waals surface area contributed by atoms with E-state index in [1.165, 1.54) is 35.2 Å². The second kappa shape index (κ2) is 9.01. The van der Waals surface area contributed by atoms with Gasteiger partial charge in [-0.1, -0.05) is 36.8 Å². The van der Waals surface area contributed by atoms with E-state index in [9.17, 15) is 22.4 Å². The van der Waals surface area contributed by atoms with Gasteiger partial charge in [0, 0.05) is 11.7 Å². The van der Waals surface area contributed by atoms with E-state index in [0.717, 1.165) is 5.41 Å². The van der Waals surface area contributed by atoms with Gasteiger partial charge in [-0.3, -0.25) is 9.59 Å². The molecule has 2 amide bonds. The molecule has 1 fully saturated rings. The molecule has 0 heterocycles. The first-order chi connectivity index (χ1) is 14.6. The first kappa shape index (κ1) is 22.7. The van der Waals surface area contributed by atoms with Crippen molar-refractivity contribution >= 4 is 33.6 Å². The van der Waals surface area contributed by atoms with Crippen molar-refractivity contribution in [2.24, 2.45) is 5.41 Å². The molecule has 164 valence electrons. The molecule has 0 bridgehead atoms. The van der Waals surface area contributed by atoms with Crippen LogP contribution in [-0.2, 0) is 19.6 Å². The quantitative estimate of drug-likeness (QED) is 0.658. The fraction of sp³-hybridized carbons (Fsp3) is 0.304. The standard InChI is InChI=1S/C23H25FN2O4S/c1-17(2)26(20-11-9-19(24)10-12-20)22(28)23(14-6-15-23)21(27)25-31(29,30)16-13-18-7-4-3-5-8-18/h3-5,7-13,16-17H,6,14-15H2,1-2H3,(H,25,27). The highest BCUT2D eigenvalue weighted by Gasteiger charge is 2.54. The van der Waals surface area contributed by atoms with E-state index in [-0.39, 0.29) is 18.9 Å². The molecule has 0 atom stereocenters. The minimum atomic E-state index is -4.09. The van der Waals surface area contributed by atoms with Gasteiger partial charge in [0.15, 0.2) is 0 Å². The molecule has 1 saturated carbocycles. The van der Waals surface area contributed by atoms with Crippen LogP contribution in [0.1, 0.15) is 38.7 Å². The first-order valence-corrected chi connectivity index (χ1v) is 11.6. The maximum absolute atomic E-state index is 13.4. The minimum absolute atomic E-state index is 0.250. The minimum Gasteiger partial charge on any atom is -0.309 e. The highest BCUT2D eigenvalue weighted by Crippen LogP contribution is 2.44. The van der Waals surface area contributed by atoms with E-state index in [0.29, 0.717) is 17.7 Å². The van der Waals surface area contributed by atoms with E-state index in [1.54, 1.807) is 44.2 Å². The zero-order valence-corrected chi connectivity index (χ0v) is 18.2. The normalized spacial score (nSPS) is 15.5. The van der Waals surface area contributed by atoms with Crippen molar-refractivity contribution in [3.63, 3.8) is 0 Å². The Morgan fingerprint density at radius 3 is 2.19 bits per heavy atom. The lowest BCUT2D eigenvalue weighted by Crippen LogP contribution is -2.58. The van der Waals surface area contributed by atoms with Gasteiger partial charge in [0.2, 0.25) is 11.8 Å². The van der Waals surface area contributed by atoms with E-state index in [2.05, 4.69) is 0 Å². The summed E-state index contributed by atoms with van der Waals surface area (Å²) in [5, 5.41) is 0.914. The Balaban J connectivity index is 1.83. The summed E-state index contributed by atoms with van der Waals surface area (Å²) in [6, 6.07) is 13.9. The monoisotopic (exact) mass is 444 g/mol. The van der Waals surface area contributed by atoms with Gasteiger partial charge >= 0.3 is 0 Å². The highest BCUT2D eigenvalue weighted by atomic mass is 32.2. The number of benzene rings is 2. The fourth-order valence-electron chi connectivity index (χ4n) is 3.54. The molecule has 2 aromatic rings. The van der Waals surface area contributed by atoms with Crippen LogP contribution in [0.3, 0.4) is 0 Å². The van der Waals surface area contributed by atoms with Gasteiger partial charge in [-0.25, -0.2) is 17.5 Å². The molecule has 0 aliphatic heterocycles. The molecule has 2 aromatic carbocycles. The molecule has 31 heavy (non-hydrogen) atoms. The molecular formula is C23H25FN2O4S. The van der Waals surface area contributed by atoms with Crippen molar-refractivity contribution in [3.05, 3.63) is 71.4 Å². The molecule has 0 unspecified atom stereocenters. The van der Waals surface area contributed by atoms with Gasteiger partial charge in [0.1, 0.15) is 11.2 Å². The average Bonchev–Trinajstić information content (AvgIpc) is 2.67. The Hall–Kier alpha value is -3.00. The summed E-state index contributed by atoms with van der Waals surface area (Å²) in [5.74, 6) is -1.76. The van der Waals surface area contributed by atoms with Crippen LogP contribution < -0.4 is 9.62 Å². The Morgan fingerprint density at radius 1 is 1.06 bits per heavy atom. The number of hydrogen-bond acceptors (Lipinski definition) is 4. The van der Waals surface area contributed by atoms with E-state index in [4.69, 9.17) is 0 Å². The summed E-state index contributed by atoms with van der Waals surface area (Å²) in [6.07, 6.45) is 2.51. The van der Waals surface area contributed by atoms with Gasteiger partial charge in [-0.2, -0.15) is 0 Å². The molecule has 8 heteroatoms. The summed E-state index contributed by atoms with van der Waals surface area (Å²) in [6.45, 7) is 3.57. The van der Waals surface area contributed by atoms with Crippen LogP contribution in [0, 0.1) is 11.2 Å². The number of nitrogens with one attached hydrogen (secondary N) is 1. The SMILES string of the molecule is CC(C)N(C(=O)C1(C(=O)NS(=O)(=O)C=Cc2ccccc2)CCC1)c1ccc(F)cc1. The van der Waals surface area contributed by atoms with Crippen molar-refractivity contribution in [1.29, 1.82) is 0 Å². The molecule has 0 radical (unpaired) electrons. The number of carbonyl (C=O) groups is 2. The van der Waals surface area contributed by atoms with Crippen molar-refractivity contribution in [1.82, 2.24) is 4.72 Å².